The van der Waals surface area contributed by atoms with Gasteiger partial charge in [-0.2, -0.15) is 0 Å². The van der Waals surface area contributed by atoms with Crippen molar-refractivity contribution in [2.24, 2.45) is 29.1 Å². The second kappa shape index (κ2) is 9.53. The highest BCUT2D eigenvalue weighted by Crippen LogP contribution is 2.60. The van der Waals surface area contributed by atoms with E-state index >= 15 is 0 Å². The van der Waals surface area contributed by atoms with Gasteiger partial charge in [-0.05, 0) is 93.1 Å². The average Bonchev–Trinajstić information content (AvgIpc) is 3.04. The van der Waals surface area contributed by atoms with Crippen molar-refractivity contribution in [2.75, 3.05) is 0 Å². The highest BCUT2D eigenvalue weighted by molar-refractivity contribution is 5.39. The quantitative estimate of drug-likeness (QED) is 0.488. The van der Waals surface area contributed by atoms with E-state index in [1.54, 1.807) is 5.57 Å². The van der Waals surface area contributed by atoms with E-state index in [1.165, 1.54) is 32.1 Å². The van der Waals surface area contributed by atoms with E-state index in [-0.39, 0.29) is 5.92 Å². The Bertz CT molecular complexity index is 712. The van der Waals surface area contributed by atoms with Crippen molar-refractivity contribution in [3.05, 3.63) is 35.5 Å². The van der Waals surface area contributed by atoms with Crippen molar-refractivity contribution in [2.45, 2.75) is 110 Å². The standard InChI is InChI=1S/C28H46O3/c1-18(9-7-15-27(4,5)31)23-13-14-24-21(10-8-16-28(23,24)6)11-12-22-17-25(29)20(3)26(30)19(22)2/h11-12,18,20,23-26,29-31H,2,7-10,13-17H2,1,3-6H3/t18-,20+,23-,24+,25-,26-,28-/m1/s1. The summed E-state index contributed by atoms with van der Waals surface area (Å²) in [6.45, 7) is 14.8. The zero-order chi connectivity index (χ0) is 23.0. The molecule has 0 unspecified atom stereocenters. The molecule has 3 N–H and O–H groups in total. The molecule has 0 heterocycles. The molecule has 3 nitrogen and oxygen atoms in total. The molecule has 3 aliphatic rings. The fourth-order valence-electron chi connectivity index (χ4n) is 6.91. The van der Waals surface area contributed by atoms with Crippen LogP contribution in [0.5, 0.6) is 0 Å². The monoisotopic (exact) mass is 430 g/mol. The summed E-state index contributed by atoms with van der Waals surface area (Å²) in [5.41, 5.74) is 3.15. The van der Waals surface area contributed by atoms with E-state index in [9.17, 15) is 15.3 Å². The Kier molecular flexibility index (Phi) is 7.61. The van der Waals surface area contributed by atoms with Gasteiger partial charge in [-0.1, -0.05) is 57.9 Å². The van der Waals surface area contributed by atoms with Gasteiger partial charge in [0.1, 0.15) is 0 Å². The van der Waals surface area contributed by atoms with Crippen LogP contribution in [0.2, 0.25) is 0 Å². The van der Waals surface area contributed by atoms with Crippen LogP contribution in [-0.4, -0.2) is 33.1 Å². The molecule has 0 aromatic rings. The lowest BCUT2D eigenvalue weighted by atomic mass is 9.60. The zero-order valence-corrected chi connectivity index (χ0v) is 20.5. The van der Waals surface area contributed by atoms with Crippen LogP contribution in [0, 0.1) is 29.1 Å². The predicted molar refractivity (Wildman–Crippen MR) is 129 cm³/mol. The average molecular weight is 431 g/mol. The topological polar surface area (TPSA) is 60.7 Å². The number of hydrogen-bond acceptors (Lipinski definition) is 3. The fraction of sp³-hybridized carbons (Fsp3) is 0.786. The van der Waals surface area contributed by atoms with E-state index in [4.69, 9.17) is 0 Å². The normalized spacial score (nSPS) is 40.4. The molecule has 7 atom stereocenters. The summed E-state index contributed by atoms with van der Waals surface area (Å²) in [6.07, 6.45) is 13.4. The third-order valence-corrected chi connectivity index (χ3v) is 8.97. The Morgan fingerprint density at radius 2 is 1.94 bits per heavy atom. The number of rotatable bonds is 6. The van der Waals surface area contributed by atoms with Crippen LogP contribution in [0.3, 0.4) is 0 Å². The molecule has 31 heavy (non-hydrogen) atoms. The first kappa shape index (κ1) is 24.7. The van der Waals surface area contributed by atoms with Crippen LogP contribution in [0.25, 0.3) is 0 Å². The summed E-state index contributed by atoms with van der Waals surface area (Å²) in [6, 6.07) is 0. The summed E-state index contributed by atoms with van der Waals surface area (Å²) >= 11 is 0. The second-order valence-corrected chi connectivity index (χ2v) is 11.8. The lowest BCUT2D eigenvalue weighted by molar-refractivity contribution is 0.0283. The molecule has 0 spiro atoms. The number of aliphatic hydroxyl groups is 3. The Labute approximate surface area is 190 Å². The van der Waals surface area contributed by atoms with Gasteiger partial charge in [0.2, 0.25) is 0 Å². The van der Waals surface area contributed by atoms with Crippen molar-refractivity contribution in [1.29, 1.82) is 0 Å². The summed E-state index contributed by atoms with van der Waals surface area (Å²) in [4.78, 5) is 0. The molecule has 176 valence electrons. The lowest BCUT2D eigenvalue weighted by Gasteiger charge is -2.44. The second-order valence-electron chi connectivity index (χ2n) is 11.8. The maximum absolute atomic E-state index is 10.4. The first-order chi connectivity index (χ1) is 14.4. The van der Waals surface area contributed by atoms with Crippen LogP contribution in [-0.2, 0) is 0 Å². The van der Waals surface area contributed by atoms with Crippen LogP contribution in [0.1, 0.15) is 92.4 Å². The lowest BCUT2D eigenvalue weighted by Crippen LogP contribution is -2.36. The van der Waals surface area contributed by atoms with Gasteiger partial charge < -0.3 is 15.3 Å². The Hall–Kier alpha value is -0.900. The first-order valence-electron chi connectivity index (χ1n) is 12.6. The fourth-order valence-corrected chi connectivity index (χ4v) is 6.91. The smallest absolute Gasteiger partial charge is 0.0837 e. The van der Waals surface area contributed by atoms with E-state index < -0.39 is 17.8 Å². The van der Waals surface area contributed by atoms with Gasteiger partial charge in [0.15, 0.2) is 0 Å². The molecule has 0 amide bonds. The zero-order valence-electron chi connectivity index (χ0n) is 20.5. The summed E-state index contributed by atoms with van der Waals surface area (Å²) in [5.74, 6) is 1.94. The van der Waals surface area contributed by atoms with E-state index in [0.29, 0.717) is 23.7 Å². The molecule has 3 saturated carbocycles. The molecule has 0 bridgehead atoms. The van der Waals surface area contributed by atoms with Crippen LogP contribution >= 0.6 is 0 Å². The van der Waals surface area contributed by atoms with E-state index in [2.05, 4.69) is 32.6 Å². The van der Waals surface area contributed by atoms with Crippen molar-refractivity contribution in [3.63, 3.8) is 0 Å². The molecule has 3 fully saturated rings. The van der Waals surface area contributed by atoms with Gasteiger partial charge in [0.05, 0.1) is 17.8 Å². The third kappa shape index (κ3) is 5.37. The molecule has 0 aromatic heterocycles. The molecular formula is C28H46O3. The number of hydrogen-bond donors (Lipinski definition) is 3. The highest BCUT2D eigenvalue weighted by atomic mass is 16.3. The predicted octanol–water partition coefficient (Wildman–Crippen LogP) is 5.95. The highest BCUT2D eigenvalue weighted by Gasteiger charge is 2.50. The van der Waals surface area contributed by atoms with Crippen molar-refractivity contribution < 1.29 is 15.3 Å². The first-order valence-corrected chi connectivity index (χ1v) is 12.6. The molecule has 0 aliphatic heterocycles. The van der Waals surface area contributed by atoms with Crippen LogP contribution in [0.15, 0.2) is 35.5 Å². The van der Waals surface area contributed by atoms with E-state index in [1.807, 2.05) is 20.8 Å². The van der Waals surface area contributed by atoms with Crippen molar-refractivity contribution >= 4 is 0 Å². The Morgan fingerprint density at radius 3 is 2.61 bits per heavy atom. The number of fused-ring (bicyclic) bond motifs is 1. The molecule has 0 radical (unpaired) electrons. The minimum Gasteiger partial charge on any atom is -0.392 e. The van der Waals surface area contributed by atoms with Crippen molar-refractivity contribution in [1.82, 2.24) is 0 Å². The summed E-state index contributed by atoms with van der Waals surface area (Å²) < 4.78 is 0. The van der Waals surface area contributed by atoms with E-state index in [0.717, 1.165) is 36.3 Å². The summed E-state index contributed by atoms with van der Waals surface area (Å²) in [7, 11) is 0. The van der Waals surface area contributed by atoms with Gasteiger partial charge in [-0.25, -0.2) is 0 Å². The van der Waals surface area contributed by atoms with Gasteiger partial charge >= 0.3 is 0 Å². The Morgan fingerprint density at radius 1 is 1.23 bits per heavy atom. The minimum atomic E-state index is -0.648. The Balaban J connectivity index is 1.71. The molecule has 0 aromatic carbocycles. The number of allylic oxidation sites excluding steroid dienone is 3. The largest absolute Gasteiger partial charge is 0.392 e. The maximum atomic E-state index is 10.4. The van der Waals surface area contributed by atoms with Gasteiger partial charge in [-0.15, -0.1) is 0 Å². The number of aliphatic hydroxyl groups excluding tert-OH is 2. The molecule has 3 heteroatoms. The molecular weight excluding hydrogens is 384 g/mol. The van der Waals surface area contributed by atoms with Crippen LogP contribution in [0.4, 0.5) is 0 Å². The SMILES string of the molecule is C=C1C(=CC=C2CCC[C@]3(C)[C@@H]([C@H](C)CCCC(C)(C)O)CC[C@@H]23)C[C@@H](O)[C@H](C)[C@@H]1O. The van der Waals surface area contributed by atoms with Crippen LogP contribution < -0.4 is 0 Å². The molecule has 0 saturated heterocycles. The van der Waals surface area contributed by atoms with Crippen molar-refractivity contribution in [3.8, 4) is 0 Å². The molecule has 3 rings (SSSR count). The summed E-state index contributed by atoms with van der Waals surface area (Å²) in [5, 5.41) is 30.7. The van der Waals surface area contributed by atoms with Gasteiger partial charge in [0, 0.05) is 5.92 Å². The third-order valence-electron chi connectivity index (χ3n) is 8.97. The maximum Gasteiger partial charge on any atom is 0.0837 e. The van der Waals surface area contributed by atoms with Gasteiger partial charge in [0.25, 0.3) is 0 Å². The molecule has 3 aliphatic carbocycles. The van der Waals surface area contributed by atoms with Gasteiger partial charge in [-0.3, -0.25) is 0 Å². The minimum absolute atomic E-state index is 0.149.